The number of nitrogens with one attached hydrogen (secondary N) is 2. The summed E-state index contributed by atoms with van der Waals surface area (Å²) in [6.07, 6.45) is 0. The van der Waals surface area contributed by atoms with E-state index in [1.54, 1.807) is 7.11 Å². The van der Waals surface area contributed by atoms with Crippen molar-refractivity contribution in [3.8, 4) is 17.1 Å². The van der Waals surface area contributed by atoms with E-state index >= 15 is 0 Å². The van der Waals surface area contributed by atoms with Gasteiger partial charge in [-0.15, -0.1) is 0 Å². The first-order valence-electron chi connectivity index (χ1n) is 10.6. The average Bonchev–Trinajstić information content (AvgIpc) is 3.28. The molecule has 0 spiro atoms. The second kappa shape index (κ2) is 8.72. The average molecular weight is 428 g/mol. The number of benzene rings is 3. The summed E-state index contributed by atoms with van der Waals surface area (Å²) >= 11 is 0. The maximum atomic E-state index is 12.7. The van der Waals surface area contributed by atoms with Gasteiger partial charge < -0.3 is 24.7 Å². The molecule has 162 valence electrons. The van der Waals surface area contributed by atoms with E-state index < -0.39 is 0 Å². The number of nitrogens with zero attached hydrogens (tertiary/aromatic N) is 2. The number of imidazole rings is 1. The van der Waals surface area contributed by atoms with Crippen molar-refractivity contribution in [3.05, 3.63) is 72.3 Å². The van der Waals surface area contributed by atoms with Crippen molar-refractivity contribution in [2.45, 2.75) is 0 Å². The Labute approximate surface area is 186 Å². The summed E-state index contributed by atoms with van der Waals surface area (Å²) in [6.45, 7) is 3.21. The molecule has 1 aliphatic rings. The number of aromatic amines is 1. The van der Waals surface area contributed by atoms with E-state index in [-0.39, 0.29) is 5.91 Å². The number of aromatic nitrogens is 2. The molecule has 5 rings (SSSR count). The molecule has 1 saturated heterocycles. The van der Waals surface area contributed by atoms with Gasteiger partial charge in [-0.3, -0.25) is 4.79 Å². The molecule has 1 aliphatic heterocycles. The second-order valence-corrected chi connectivity index (χ2v) is 7.65. The van der Waals surface area contributed by atoms with E-state index in [1.807, 2.05) is 66.7 Å². The number of hydrogen-bond acceptors (Lipinski definition) is 5. The van der Waals surface area contributed by atoms with Crippen LogP contribution in [0.1, 0.15) is 10.4 Å². The number of carbonyl (C=O) groups is 1. The molecule has 1 fully saturated rings. The molecule has 0 radical (unpaired) electrons. The van der Waals surface area contributed by atoms with Crippen LogP contribution in [0.25, 0.3) is 22.4 Å². The summed E-state index contributed by atoms with van der Waals surface area (Å²) in [5.74, 6) is 1.42. The molecule has 0 aliphatic carbocycles. The Balaban J connectivity index is 1.30. The molecule has 0 saturated carbocycles. The predicted octanol–water partition coefficient (Wildman–Crippen LogP) is 4.33. The molecule has 2 N–H and O–H groups in total. The van der Waals surface area contributed by atoms with Crippen molar-refractivity contribution in [1.29, 1.82) is 0 Å². The molecule has 32 heavy (non-hydrogen) atoms. The zero-order chi connectivity index (χ0) is 21.9. The number of methoxy groups -OCH3 is 1. The second-order valence-electron chi connectivity index (χ2n) is 7.65. The van der Waals surface area contributed by atoms with E-state index in [2.05, 4.69) is 20.2 Å². The Hall–Kier alpha value is -3.84. The van der Waals surface area contributed by atoms with Crippen molar-refractivity contribution in [3.63, 3.8) is 0 Å². The van der Waals surface area contributed by atoms with Crippen molar-refractivity contribution in [2.24, 2.45) is 0 Å². The van der Waals surface area contributed by atoms with Crippen LogP contribution in [0.5, 0.6) is 5.75 Å². The Morgan fingerprint density at radius 3 is 2.50 bits per heavy atom. The van der Waals surface area contributed by atoms with Gasteiger partial charge in [-0.05, 0) is 66.7 Å². The molecular weight excluding hydrogens is 404 g/mol. The number of amides is 1. The Morgan fingerprint density at radius 2 is 1.78 bits per heavy atom. The zero-order valence-corrected chi connectivity index (χ0v) is 17.8. The summed E-state index contributed by atoms with van der Waals surface area (Å²) in [7, 11) is 1.64. The van der Waals surface area contributed by atoms with Crippen molar-refractivity contribution >= 4 is 28.3 Å². The lowest BCUT2D eigenvalue weighted by atomic mass is 10.1. The minimum absolute atomic E-state index is 0.146. The van der Waals surface area contributed by atoms with Crippen molar-refractivity contribution in [1.82, 2.24) is 9.97 Å². The Morgan fingerprint density at radius 1 is 1.03 bits per heavy atom. The number of fused-ring (bicyclic) bond motifs is 1. The van der Waals surface area contributed by atoms with Crippen LogP contribution in [0.2, 0.25) is 0 Å². The summed E-state index contributed by atoms with van der Waals surface area (Å²) in [6, 6.07) is 21.1. The number of ether oxygens (including phenoxy) is 2. The number of H-pyrrole nitrogens is 1. The largest absolute Gasteiger partial charge is 0.497 e. The van der Waals surface area contributed by atoms with E-state index in [0.29, 0.717) is 11.3 Å². The molecule has 4 aromatic rings. The minimum atomic E-state index is -0.146. The van der Waals surface area contributed by atoms with E-state index in [4.69, 9.17) is 9.47 Å². The van der Waals surface area contributed by atoms with Gasteiger partial charge in [0.1, 0.15) is 11.6 Å². The predicted molar refractivity (Wildman–Crippen MR) is 126 cm³/mol. The van der Waals surface area contributed by atoms with Gasteiger partial charge in [0.15, 0.2) is 0 Å². The van der Waals surface area contributed by atoms with Gasteiger partial charge in [-0.2, -0.15) is 0 Å². The van der Waals surface area contributed by atoms with Gasteiger partial charge in [0.2, 0.25) is 0 Å². The zero-order valence-electron chi connectivity index (χ0n) is 17.8. The minimum Gasteiger partial charge on any atom is -0.497 e. The van der Waals surface area contributed by atoms with Gasteiger partial charge in [0.25, 0.3) is 5.91 Å². The fraction of sp³-hybridized carbons (Fsp3) is 0.200. The SMILES string of the molecule is COc1ccc(-c2nc3ccc(NC(=O)c4ccc(N5CCOCC5)cc4)cc3[nH]2)cc1. The third-order valence-electron chi connectivity index (χ3n) is 5.61. The van der Waals surface area contributed by atoms with Crippen LogP contribution in [0, 0.1) is 0 Å². The third-order valence-corrected chi connectivity index (χ3v) is 5.61. The van der Waals surface area contributed by atoms with Gasteiger partial charge in [-0.25, -0.2) is 4.98 Å². The summed E-state index contributed by atoms with van der Waals surface area (Å²) < 4.78 is 10.6. The standard InChI is InChI=1S/C25H24N4O3/c1-31-21-9-4-17(5-10-21)24-27-22-11-6-19(16-23(22)28-24)26-25(30)18-2-7-20(8-3-18)29-12-14-32-15-13-29/h2-11,16H,12-15H2,1H3,(H,26,30)(H,27,28). The third kappa shape index (κ3) is 4.15. The van der Waals surface area contributed by atoms with Crippen molar-refractivity contribution < 1.29 is 14.3 Å². The fourth-order valence-electron chi connectivity index (χ4n) is 3.82. The van der Waals surface area contributed by atoms with Crippen LogP contribution >= 0.6 is 0 Å². The number of hydrogen-bond donors (Lipinski definition) is 2. The first-order valence-corrected chi connectivity index (χ1v) is 10.6. The first kappa shape index (κ1) is 20.1. The highest BCUT2D eigenvalue weighted by molar-refractivity contribution is 6.05. The maximum absolute atomic E-state index is 12.7. The van der Waals surface area contributed by atoms with E-state index in [1.165, 1.54) is 0 Å². The molecule has 0 unspecified atom stereocenters. The lowest BCUT2D eigenvalue weighted by Gasteiger charge is -2.28. The van der Waals surface area contributed by atoms with Crippen LogP contribution in [0.3, 0.4) is 0 Å². The number of rotatable bonds is 5. The molecule has 3 aromatic carbocycles. The quantitative estimate of drug-likeness (QED) is 0.495. The monoisotopic (exact) mass is 428 g/mol. The Bertz CT molecular complexity index is 1230. The topological polar surface area (TPSA) is 79.5 Å². The summed E-state index contributed by atoms with van der Waals surface area (Å²) in [5, 5.41) is 2.98. The molecule has 0 atom stereocenters. The highest BCUT2D eigenvalue weighted by atomic mass is 16.5. The normalized spacial score (nSPS) is 13.8. The molecule has 7 nitrogen and oxygen atoms in total. The molecule has 1 aromatic heterocycles. The molecule has 0 bridgehead atoms. The van der Waals surface area contributed by atoms with Crippen LogP contribution in [-0.4, -0.2) is 49.3 Å². The van der Waals surface area contributed by atoms with Gasteiger partial charge in [0.05, 0.1) is 31.4 Å². The fourth-order valence-corrected chi connectivity index (χ4v) is 3.82. The molecular formula is C25H24N4O3. The number of anilines is 2. The van der Waals surface area contributed by atoms with Gasteiger partial charge in [-0.1, -0.05) is 0 Å². The Kier molecular flexibility index (Phi) is 5.47. The van der Waals surface area contributed by atoms with Crippen molar-refractivity contribution in [2.75, 3.05) is 43.6 Å². The van der Waals surface area contributed by atoms with Gasteiger partial charge in [0, 0.05) is 35.6 Å². The molecule has 7 heteroatoms. The van der Waals surface area contributed by atoms with E-state index in [9.17, 15) is 4.79 Å². The van der Waals surface area contributed by atoms with Crippen LogP contribution in [0.15, 0.2) is 66.7 Å². The first-order chi connectivity index (χ1) is 15.7. The molecule has 1 amide bonds. The maximum Gasteiger partial charge on any atom is 0.255 e. The lowest BCUT2D eigenvalue weighted by Crippen LogP contribution is -2.36. The van der Waals surface area contributed by atoms with Crippen LogP contribution in [0.4, 0.5) is 11.4 Å². The number of carbonyl (C=O) groups excluding carboxylic acids is 1. The smallest absolute Gasteiger partial charge is 0.255 e. The summed E-state index contributed by atoms with van der Waals surface area (Å²) in [5.41, 5.74) is 5.10. The van der Waals surface area contributed by atoms with E-state index in [0.717, 1.165) is 60.2 Å². The lowest BCUT2D eigenvalue weighted by molar-refractivity contribution is 0.102. The highest BCUT2D eigenvalue weighted by Gasteiger charge is 2.13. The highest BCUT2D eigenvalue weighted by Crippen LogP contribution is 2.25. The molecule has 2 heterocycles. The van der Waals surface area contributed by atoms with Crippen LogP contribution in [-0.2, 0) is 4.74 Å². The summed E-state index contributed by atoms with van der Waals surface area (Å²) in [4.78, 5) is 23.0. The van der Waals surface area contributed by atoms with Gasteiger partial charge >= 0.3 is 0 Å². The number of morpholine rings is 1. The van der Waals surface area contributed by atoms with Crippen LogP contribution < -0.4 is 15.0 Å².